The van der Waals surface area contributed by atoms with E-state index in [0.717, 1.165) is 82.4 Å². The van der Waals surface area contributed by atoms with Crippen LogP contribution >= 0.6 is 63.7 Å². The number of phenols is 1. The molecule has 10 aromatic carbocycles. The molecule has 0 saturated heterocycles. The molecule has 20 nitrogen and oxygen atoms in total. The molecule has 15 aromatic rings. The largest absolute Gasteiger partial charge is 0.507 e. The van der Waals surface area contributed by atoms with E-state index in [-0.39, 0.29) is 22.6 Å². The molecule has 0 aliphatic rings. The number of aliphatic carboxylic acids is 1. The average Bonchev–Trinajstić information content (AvgIpc) is 1.60. The summed E-state index contributed by atoms with van der Waals surface area (Å²) in [5.74, 6) is -14.5. The van der Waals surface area contributed by atoms with Gasteiger partial charge in [0, 0.05) is 88.1 Å². The summed E-state index contributed by atoms with van der Waals surface area (Å²) in [5, 5.41) is 21.4. The fourth-order valence-electron chi connectivity index (χ4n) is 14.3. The molecule has 0 bridgehead atoms. The van der Waals surface area contributed by atoms with E-state index < -0.39 is 90.4 Å². The van der Waals surface area contributed by atoms with E-state index in [0.29, 0.717) is 84.4 Å². The SMILES string of the molecule is COC(=O)C(Br)(Oc1cccc2c1cc(C)n2Cc1ccccc1)C(F)(F)F.COC(=O)C(Br)(Oc1cccc2c1cc(C)n2Cc1ccccc1)C(F)(F)F.COC(=O)C(F)(Br)C(F)(F)F.COC(=O)C(F)(Oc1cccc2c1cc(C)n2Cc1ccccc1)C(F)(F)F.Cc1cc2c(O)cccc2n1Cc1ccccc1.Cc1cc2c(OC(Br)(C(=O)O)C(F)(F)F)cccc2n1Cc1ccccc1. The number of aromatic nitrogens is 5. The quantitative estimate of drug-likeness (QED) is 0.0263. The second kappa shape index (κ2) is 44.6. The van der Waals surface area contributed by atoms with E-state index in [4.69, 9.17) is 19.3 Å². The lowest BCUT2D eigenvalue weighted by Crippen LogP contribution is -2.53. The van der Waals surface area contributed by atoms with E-state index in [1.54, 1.807) is 89.6 Å². The molecule has 41 heteroatoms. The first-order chi connectivity index (χ1) is 65.6. The number of rotatable bonds is 23. The van der Waals surface area contributed by atoms with Gasteiger partial charge in [0.15, 0.2) is 0 Å². The molecule has 5 unspecified atom stereocenters. The van der Waals surface area contributed by atoms with Crippen molar-refractivity contribution in [1.29, 1.82) is 0 Å². The van der Waals surface area contributed by atoms with Gasteiger partial charge < -0.3 is 70.9 Å². The summed E-state index contributed by atoms with van der Waals surface area (Å²) in [5.41, 5.74) is 13.5. The third kappa shape index (κ3) is 24.5. The minimum atomic E-state index is -5.61. The first-order valence-corrected chi connectivity index (χ1v) is 44.4. The van der Waals surface area contributed by atoms with Gasteiger partial charge in [-0.3, -0.25) is 0 Å². The number of aromatic hydroxyl groups is 1. The summed E-state index contributed by atoms with van der Waals surface area (Å²) >= 11 is 8.59. The zero-order chi connectivity index (χ0) is 103. The van der Waals surface area contributed by atoms with Crippen LogP contribution in [0.15, 0.2) is 273 Å². The van der Waals surface area contributed by atoms with Gasteiger partial charge in [-0.15, -0.1) is 0 Å². The molecule has 0 fully saturated rings. The number of ether oxygens (including phenoxy) is 8. The van der Waals surface area contributed by atoms with Gasteiger partial charge in [-0.05, 0) is 217 Å². The van der Waals surface area contributed by atoms with Gasteiger partial charge in [0.25, 0.3) is 0 Å². The molecular formula is C99H84Br4F17N5O15. The van der Waals surface area contributed by atoms with Crippen LogP contribution in [0.25, 0.3) is 54.5 Å². The lowest BCUT2D eigenvalue weighted by atomic mass is 10.2. The monoisotopic (exact) mass is 2220 g/mol. The summed E-state index contributed by atoms with van der Waals surface area (Å²) in [6, 6.07) is 81.7. The number of hydrogen-bond donors (Lipinski definition) is 2. The number of carbonyl (C=O) groups excluding carboxylic acids is 4. The number of hydrogen-bond acceptors (Lipinski definition) is 14. The molecule has 0 spiro atoms. The Labute approximate surface area is 821 Å². The minimum Gasteiger partial charge on any atom is -0.507 e. The van der Waals surface area contributed by atoms with Gasteiger partial charge >= 0.3 is 84.7 Å². The van der Waals surface area contributed by atoms with E-state index >= 15 is 0 Å². The van der Waals surface area contributed by atoms with Crippen LogP contribution in [0.2, 0.25) is 0 Å². The van der Waals surface area contributed by atoms with Gasteiger partial charge in [-0.1, -0.05) is 182 Å². The van der Waals surface area contributed by atoms with Crippen LogP contribution in [0.1, 0.15) is 56.3 Å². The van der Waals surface area contributed by atoms with E-state index in [1.807, 2.05) is 197 Å². The number of halogens is 21. The first-order valence-electron chi connectivity index (χ1n) is 41.3. The number of aryl methyl sites for hydroxylation is 5. The minimum absolute atomic E-state index is 0.0768. The fourth-order valence-corrected chi connectivity index (χ4v) is 15.3. The number of nitrogens with zero attached hydrogens (tertiary/aromatic N) is 5. The average molecular weight is 2230 g/mol. The molecule has 5 atom stereocenters. The van der Waals surface area contributed by atoms with Crippen LogP contribution in [0.3, 0.4) is 0 Å². The molecule has 0 amide bonds. The molecule has 2 N–H and O–H groups in total. The van der Waals surface area contributed by atoms with E-state index in [1.165, 1.54) is 42.0 Å². The summed E-state index contributed by atoms with van der Waals surface area (Å²) < 4.78 is 254. The van der Waals surface area contributed by atoms with Crippen LogP contribution in [0, 0.1) is 34.6 Å². The van der Waals surface area contributed by atoms with Gasteiger partial charge in [0.1, 0.15) is 28.7 Å². The Morgan fingerprint density at radius 3 is 0.707 bits per heavy atom. The van der Waals surface area contributed by atoms with Crippen LogP contribution < -0.4 is 18.9 Å². The number of carboxylic acids is 1. The van der Waals surface area contributed by atoms with Crippen LogP contribution in [-0.2, 0) is 75.6 Å². The van der Waals surface area contributed by atoms with Crippen LogP contribution in [0.4, 0.5) is 74.6 Å². The van der Waals surface area contributed by atoms with Gasteiger partial charge in [-0.25, -0.2) is 28.4 Å². The Hall–Kier alpha value is -13.0. The van der Waals surface area contributed by atoms with Crippen molar-refractivity contribution in [2.45, 2.75) is 122 Å². The number of fused-ring (bicyclic) bond motifs is 5. The van der Waals surface area contributed by atoms with Gasteiger partial charge in [0.2, 0.25) is 0 Å². The molecule has 0 saturated carbocycles. The number of phenolic OH excluding ortho intramolecular Hbond substituents is 1. The van der Waals surface area contributed by atoms with Gasteiger partial charge in [0.05, 0.1) is 56.0 Å². The third-order valence-electron chi connectivity index (χ3n) is 21.4. The fraction of sp³-hybridized carbons (Fsp3) is 0.242. The maximum atomic E-state index is 14.5. The summed E-state index contributed by atoms with van der Waals surface area (Å²) in [6.45, 7) is 12.3. The van der Waals surface area contributed by atoms with Crippen LogP contribution in [-0.4, -0.2) is 146 Å². The van der Waals surface area contributed by atoms with Crippen molar-refractivity contribution >= 4 is 148 Å². The molecular weight excluding hydrogens is 2140 g/mol. The highest BCUT2D eigenvalue weighted by Crippen LogP contribution is 2.48. The molecule has 5 heterocycles. The van der Waals surface area contributed by atoms with Gasteiger partial charge in [-0.2, -0.15) is 70.2 Å². The summed E-state index contributed by atoms with van der Waals surface area (Å²) in [6.07, 6.45) is -26.1. The molecule has 140 heavy (non-hydrogen) atoms. The topological polar surface area (TPSA) is 224 Å². The normalized spacial score (nSPS) is 13.8. The summed E-state index contributed by atoms with van der Waals surface area (Å²) in [4.78, 5) is 56.5. The number of esters is 4. The Morgan fingerprint density at radius 2 is 0.493 bits per heavy atom. The lowest BCUT2D eigenvalue weighted by molar-refractivity contribution is -0.296. The van der Waals surface area contributed by atoms with Crippen molar-refractivity contribution in [2.75, 3.05) is 28.4 Å². The predicted octanol–water partition coefficient (Wildman–Crippen LogP) is 25.8. The van der Waals surface area contributed by atoms with Crippen molar-refractivity contribution in [2.24, 2.45) is 0 Å². The molecule has 742 valence electrons. The molecule has 0 aliphatic heterocycles. The first kappa shape index (κ1) is 109. The van der Waals surface area contributed by atoms with E-state index in [2.05, 4.69) is 95.1 Å². The lowest BCUT2D eigenvalue weighted by Gasteiger charge is -2.28. The Morgan fingerprint density at radius 1 is 0.271 bits per heavy atom. The molecule has 15 rings (SSSR count). The maximum absolute atomic E-state index is 14.5. The van der Waals surface area contributed by atoms with Crippen molar-refractivity contribution in [3.8, 4) is 28.7 Å². The maximum Gasteiger partial charge on any atom is 0.472 e. The van der Waals surface area contributed by atoms with Crippen molar-refractivity contribution in [1.82, 2.24) is 22.8 Å². The van der Waals surface area contributed by atoms with Crippen molar-refractivity contribution < 1.29 is 147 Å². The molecule has 5 aromatic heterocycles. The second-order valence-electron chi connectivity index (χ2n) is 30.9. The van der Waals surface area contributed by atoms with E-state index in [9.17, 15) is 104 Å². The standard InChI is InChI=1S/2C20H17BrF3NO3.C20H17F4NO3.C19H15BrF3NO3.C16H15NO.C4H3BrF4O2/c3*1-13-11-15-16(25(13)12-14-7-4-3-5-8-14)9-6-10-17(15)28-19(21,18(26)27-2)20(22,23)24;1-12-10-14-15(24(12)11-13-6-3-2-4-7-13)8-5-9-16(14)27-18(20,17(25)26)19(21,22)23;1-12-10-14-15(8-5-9-16(14)18)17(12)11-13-6-3-2-4-7-13;1-11-2(10)3(5,6)4(7,8)9/h3*3-11H,12H2,1-2H3;2-10H,11H2,1H3,(H,25,26);2-10,18H,11H2,1H3;1H3. The zero-order valence-electron chi connectivity index (χ0n) is 74.9. The number of alkyl halides is 21. The molecule has 0 aliphatic carbocycles. The predicted molar refractivity (Wildman–Crippen MR) is 503 cm³/mol. The number of methoxy groups -OCH3 is 4. The Bertz CT molecular complexity index is 6470. The zero-order valence-corrected chi connectivity index (χ0v) is 81.2. The Kier molecular flexibility index (Phi) is 34.7. The highest BCUT2D eigenvalue weighted by atomic mass is 79.9. The number of carboxylic acid groups (broad SMARTS) is 1. The van der Waals surface area contributed by atoms with Crippen molar-refractivity contribution in [3.05, 3.63) is 329 Å². The number of carbonyl (C=O) groups is 5. The smallest absolute Gasteiger partial charge is 0.472 e. The highest BCUT2D eigenvalue weighted by Gasteiger charge is 2.68. The molecule has 0 radical (unpaired) electrons. The Balaban J connectivity index is 0.000000176. The summed E-state index contributed by atoms with van der Waals surface area (Å²) in [7, 11) is 3.06. The third-order valence-corrected chi connectivity index (χ3v) is 25.0. The van der Waals surface area contributed by atoms with Crippen molar-refractivity contribution in [3.63, 3.8) is 0 Å². The second-order valence-corrected chi connectivity index (χ2v) is 35.3. The number of benzene rings is 10. The van der Waals surface area contributed by atoms with Crippen LogP contribution in [0.5, 0.6) is 28.7 Å². The highest BCUT2D eigenvalue weighted by molar-refractivity contribution is 9.10.